The Balaban J connectivity index is 3.99. The summed E-state index contributed by atoms with van der Waals surface area (Å²) in [4.78, 5) is 38.1. The van der Waals surface area contributed by atoms with Gasteiger partial charge < -0.3 is 14.2 Å². The van der Waals surface area contributed by atoms with Crippen LogP contribution >= 0.6 is 0 Å². The number of unbranched alkanes of at least 4 members (excludes halogenated alkanes) is 44. The second-order valence-corrected chi connectivity index (χ2v) is 23.1. The molecule has 1 unspecified atom stereocenters. The summed E-state index contributed by atoms with van der Waals surface area (Å²) in [5, 5.41) is 0. The van der Waals surface area contributed by atoms with E-state index in [-0.39, 0.29) is 37.5 Å². The maximum absolute atomic E-state index is 12.8. The van der Waals surface area contributed by atoms with Crippen molar-refractivity contribution in [3.63, 3.8) is 0 Å². The third-order valence-corrected chi connectivity index (χ3v) is 15.4. The fourth-order valence-corrected chi connectivity index (χ4v) is 10.3. The van der Waals surface area contributed by atoms with Gasteiger partial charge in [-0.2, -0.15) is 0 Å². The van der Waals surface area contributed by atoms with E-state index in [9.17, 15) is 14.4 Å². The molecule has 0 saturated carbocycles. The van der Waals surface area contributed by atoms with Gasteiger partial charge in [0, 0.05) is 19.3 Å². The fraction of sp³-hybridized carbons (Fsp3) is 0.845. The molecular formula is C71H130O6. The van der Waals surface area contributed by atoms with Gasteiger partial charge in [0.05, 0.1) is 0 Å². The van der Waals surface area contributed by atoms with Crippen molar-refractivity contribution in [3.05, 3.63) is 48.6 Å². The highest BCUT2D eigenvalue weighted by molar-refractivity contribution is 5.71. The minimum absolute atomic E-state index is 0.0973. The highest BCUT2D eigenvalue weighted by Gasteiger charge is 2.19. The lowest BCUT2D eigenvalue weighted by Gasteiger charge is -2.18. The van der Waals surface area contributed by atoms with E-state index in [1.54, 1.807) is 0 Å². The molecule has 450 valence electrons. The Bertz CT molecular complexity index is 1330. The summed E-state index contributed by atoms with van der Waals surface area (Å²) in [6.45, 7) is 6.50. The second kappa shape index (κ2) is 65.9. The first-order chi connectivity index (χ1) is 38.0. The van der Waals surface area contributed by atoms with Gasteiger partial charge in [0.15, 0.2) is 6.10 Å². The van der Waals surface area contributed by atoms with Crippen molar-refractivity contribution in [3.8, 4) is 0 Å². The van der Waals surface area contributed by atoms with Crippen LogP contribution in [0, 0.1) is 0 Å². The largest absolute Gasteiger partial charge is 0.462 e. The van der Waals surface area contributed by atoms with Crippen LogP contribution in [0.4, 0.5) is 0 Å². The normalized spacial score (nSPS) is 12.3. The molecule has 0 fully saturated rings. The molecule has 0 spiro atoms. The molecular weight excluding hydrogens is 949 g/mol. The molecule has 6 nitrogen and oxygen atoms in total. The van der Waals surface area contributed by atoms with Crippen LogP contribution in [0.25, 0.3) is 0 Å². The van der Waals surface area contributed by atoms with Crippen molar-refractivity contribution in [1.29, 1.82) is 0 Å². The van der Waals surface area contributed by atoms with E-state index < -0.39 is 6.10 Å². The molecule has 0 aliphatic heterocycles. The zero-order chi connectivity index (χ0) is 55.7. The predicted octanol–water partition coefficient (Wildman–Crippen LogP) is 23.3. The Labute approximate surface area is 479 Å². The first-order valence-corrected chi connectivity index (χ1v) is 34.1. The van der Waals surface area contributed by atoms with E-state index in [4.69, 9.17) is 14.2 Å². The first kappa shape index (κ1) is 74.4. The third-order valence-electron chi connectivity index (χ3n) is 15.4. The lowest BCUT2D eigenvalue weighted by atomic mass is 10.0. The van der Waals surface area contributed by atoms with Crippen LogP contribution in [0.3, 0.4) is 0 Å². The molecule has 0 aromatic heterocycles. The molecule has 0 N–H and O–H groups in total. The minimum atomic E-state index is -0.807. The summed E-state index contributed by atoms with van der Waals surface area (Å²) in [6.07, 6.45) is 83.4. The van der Waals surface area contributed by atoms with Gasteiger partial charge in [-0.25, -0.2) is 0 Å². The lowest BCUT2D eigenvalue weighted by Crippen LogP contribution is -2.30. The molecule has 0 bridgehead atoms. The molecule has 0 aromatic carbocycles. The quantitative estimate of drug-likeness (QED) is 0.0261. The molecule has 0 amide bonds. The summed E-state index contributed by atoms with van der Waals surface area (Å²) in [5.74, 6) is -0.962. The lowest BCUT2D eigenvalue weighted by molar-refractivity contribution is -0.166. The van der Waals surface area contributed by atoms with E-state index in [0.29, 0.717) is 19.3 Å². The zero-order valence-corrected chi connectivity index (χ0v) is 51.7. The number of carbonyl (C=O) groups is 3. The minimum Gasteiger partial charge on any atom is -0.462 e. The first-order valence-electron chi connectivity index (χ1n) is 34.1. The summed E-state index contributed by atoms with van der Waals surface area (Å²) in [7, 11) is 0. The molecule has 0 saturated heterocycles. The molecule has 1 atom stereocenters. The number of allylic oxidation sites excluding steroid dienone is 8. The SMILES string of the molecule is CC/C=C\C/C=C\C/C=C\C/C=C\CCC(=O)OC(COC(=O)CCCCCCCCCCCCC)COC(=O)CCCCCCCCCCCCCCCCCCCCCCCCCCCCCCCCCCCCC. The van der Waals surface area contributed by atoms with Crippen LogP contribution in [0.1, 0.15) is 367 Å². The number of hydrogen-bond acceptors (Lipinski definition) is 6. The predicted molar refractivity (Wildman–Crippen MR) is 335 cm³/mol. The van der Waals surface area contributed by atoms with Crippen LogP contribution in [-0.4, -0.2) is 37.2 Å². The maximum Gasteiger partial charge on any atom is 0.306 e. The Kier molecular flexibility index (Phi) is 63.6. The van der Waals surface area contributed by atoms with Crippen LogP contribution in [0.5, 0.6) is 0 Å². The standard InChI is InChI=1S/C71H130O6/c1-4-7-10-13-16-19-22-24-25-26-27-28-29-30-31-32-33-34-35-36-37-38-39-40-41-42-43-44-45-47-49-52-55-58-61-64-70(73)76-67-68(66-75-69(72)63-60-57-54-51-48-21-18-15-12-9-6-3)77-71(74)65-62-59-56-53-50-46-23-20-17-14-11-8-5-2/h8,11,17,20,46,50,56,59,68H,4-7,9-10,12-16,18-19,21-45,47-49,51-55,57-58,60-67H2,1-3H3/b11-8-,20-17-,50-46-,59-56-. The number of rotatable bonds is 63. The Morgan fingerprint density at radius 1 is 0.273 bits per heavy atom. The average molecular weight is 1080 g/mol. The van der Waals surface area contributed by atoms with Gasteiger partial charge in [-0.1, -0.05) is 352 Å². The Morgan fingerprint density at radius 3 is 0.766 bits per heavy atom. The van der Waals surface area contributed by atoms with Crippen LogP contribution in [-0.2, 0) is 28.6 Å². The molecule has 0 aliphatic carbocycles. The Hall–Kier alpha value is -2.63. The second-order valence-electron chi connectivity index (χ2n) is 23.1. The molecule has 6 heteroatoms. The topological polar surface area (TPSA) is 78.9 Å². The van der Waals surface area contributed by atoms with Crippen molar-refractivity contribution >= 4 is 17.9 Å². The molecule has 0 heterocycles. The van der Waals surface area contributed by atoms with Crippen LogP contribution in [0.15, 0.2) is 48.6 Å². The van der Waals surface area contributed by atoms with Crippen LogP contribution < -0.4 is 0 Å². The van der Waals surface area contributed by atoms with Gasteiger partial charge in [-0.3, -0.25) is 14.4 Å². The smallest absolute Gasteiger partial charge is 0.306 e. The van der Waals surface area contributed by atoms with E-state index >= 15 is 0 Å². The van der Waals surface area contributed by atoms with Gasteiger partial charge in [-0.05, 0) is 44.9 Å². The van der Waals surface area contributed by atoms with Gasteiger partial charge in [0.2, 0.25) is 0 Å². The average Bonchev–Trinajstić information content (AvgIpc) is 3.43. The van der Waals surface area contributed by atoms with Gasteiger partial charge in [0.25, 0.3) is 0 Å². The van der Waals surface area contributed by atoms with Crippen molar-refractivity contribution < 1.29 is 28.6 Å². The monoisotopic (exact) mass is 1080 g/mol. The van der Waals surface area contributed by atoms with Crippen molar-refractivity contribution in [2.24, 2.45) is 0 Å². The van der Waals surface area contributed by atoms with Gasteiger partial charge >= 0.3 is 17.9 Å². The van der Waals surface area contributed by atoms with E-state index in [1.807, 2.05) is 6.08 Å². The van der Waals surface area contributed by atoms with E-state index in [0.717, 1.165) is 64.2 Å². The molecule has 77 heavy (non-hydrogen) atoms. The number of esters is 3. The Morgan fingerprint density at radius 2 is 0.506 bits per heavy atom. The van der Waals surface area contributed by atoms with Gasteiger partial charge in [-0.15, -0.1) is 0 Å². The fourth-order valence-electron chi connectivity index (χ4n) is 10.3. The van der Waals surface area contributed by atoms with Crippen molar-refractivity contribution in [1.82, 2.24) is 0 Å². The molecule has 0 aromatic rings. The summed E-state index contributed by atoms with van der Waals surface area (Å²) in [6, 6.07) is 0. The number of hydrogen-bond donors (Lipinski definition) is 0. The maximum atomic E-state index is 12.8. The summed E-state index contributed by atoms with van der Waals surface area (Å²) in [5.41, 5.74) is 0. The highest BCUT2D eigenvalue weighted by atomic mass is 16.6. The van der Waals surface area contributed by atoms with Crippen molar-refractivity contribution in [2.75, 3.05) is 13.2 Å². The summed E-state index contributed by atoms with van der Waals surface area (Å²) < 4.78 is 16.8. The molecule has 0 radical (unpaired) electrons. The highest BCUT2D eigenvalue weighted by Crippen LogP contribution is 2.19. The van der Waals surface area contributed by atoms with Crippen LogP contribution in [0.2, 0.25) is 0 Å². The number of carbonyl (C=O) groups excluding carboxylic acids is 3. The van der Waals surface area contributed by atoms with Crippen molar-refractivity contribution in [2.45, 2.75) is 374 Å². The number of ether oxygens (including phenoxy) is 3. The van der Waals surface area contributed by atoms with E-state index in [1.165, 1.54) is 257 Å². The molecule has 0 aliphatic rings. The third kappa shape index (κ3) is 64.1. The van der Waals surface area contributed by atoms with E-state index in [2.05, 4.69) is 63.3 Å². The molecule has 0 rings (SSSR count). The zero-order valence-electron chi connectivity index (χ0n) is 51.7. The summed E-state index contributed by atoms with van der Waals surface area (Å²) >= 11 is 0. The van der Waals surface area contributed by atoms with Gasteiger partial charge in [0.1, 0.15) is 13.2 Å².